The summed E-state index contributed by atoms with van der Waals surface area (Å²) in [4.78, 5) is -0.871. The molecule has 0 spiro atoms. The van der Waals surface area contributed by atoms with Crippen molar-refractivity contribution in [2.24, 2.45) is 0 Å². The van der Waals surface area contributed by atoms with Gasteiger partial charge in [-0.05, 0) is 87.6 Å². The lowest BCUT2D eigenvalue weighted by molar-refractivity contribution is 0.402. The highest BCUT2D eigenvalue weighted by atomic mass is 127. The van der Waals surface area contributed by atoms with Gasteiger partial charge >= 0.3 is 0 Å². The van der Waals surface area contributed by atoms with Crippen LogP contribution in [0, 0.1) is 18.8 Å². The first-order chi connectivity index (χ1) is 15.0. The van der Waals surface area contributed by atoms with Gasteiger partial charge in [0.2, 0.25) is 0 Å². The summed E-state index contributed by atoms with van der Waals surface area (Å²) in [5, 5.41) is 0. The first-order valence-electron chi connectivity index (χ1n) is 8.58. The first-order valence-corrected chi connectivity index (χ1v) is 13.7. The number of rotatable bonds is 7. The molecule has 13 heteroatoms. The molecule has 0 amide bonds. The second kappa shape index (κ2) is 9.64. The van der Waals surface area contributed by atoms with Crippen LogP contribution in [0.25, 0.3) is 0 Å². The van der Waals surface area contributed by atoms with Crippen LogP contribution in [0.3, 0.4) is 0 Å². The van der Waals surface area contributed by atoms with E-state index in [1.54, 1.807) is 45.2 Å². The van der Waals surface area contributed by atoms with Crippen molar-refractivity contribution in [3.05, 3.63) is 73.4 Å². The Labute approximate surface area is 211 Å². The lowest BCUT2D eigenvalue weighted by Gasteiger charge is -2.15. The van der Waals surface area contributed by atoms with Crippen molar-refractivity contribution in [2.75, 3.05) is 16.6 Å². The van der Waals surface area contributed by atoms with E-state index in [1.165, 1.54) is 49.6 Å². The van der Waals surface area contributed by atoms with Gasteiger partial charge in [-0.1, -0.05) is 12.1 Å². The van der Waals surface area contributed by atoms with Crippen LogP contribution >= 0.6 is 45.2 Å². The second-order valence-electron chi connectivity index (χ2n) is 6.23. The molecule has 3 rings (SSSR count). The van der Waals surface area contributed by atoms with Crippen LogP contribution in [0.2, 0.25) is 0 Å². The topological polar surface area (TPSA) is 102 Å². The quantitative estimate of drug-likeness (QED) is 0.345. The molecule has 0 saturated carbocycles. The van der Waals surface area contributed by atoms with Crippen LogP contribution in [0.1, 0.15) is 0 Å². The van der Waals surface area contributed by atoms with Crippen LogP contribution in [0.5, 0.6) is 5.75 Å². The fraction of sp³-hybridized carbons (Fsp3) is 0.0526. The number of anilines is 2. The van der Waals surface area contributed by atoms with Crippen molar-refractivity contribution in [1.82, 2.24) is 0 Å². The fourth-order valence-electron chi connectivity index (χ4n) is 2.60. The van der Waals surface area contributed by atoms with Crippen molar-refractivity contribution in [1.29, 1.82) is 0 Å². The van der Waals surface area contributed by atoms with Gasteiger partial charge in [-0.3, -0.25) is 9.44 Å². The minimum absolute atomic E-state index is 0.00161. The first kappa shape index (κ1) is 24.9. The number of hydrogen-bond acceptors (Lipinski definition) is 5. The van der Waals surface area contributed by atoms with E-state index in [0.717, 1.165) is 12.1 Å². The molecule has 32 heavy (non-hydrogen) atoms. The van der Waals surface area contributed by atoms with E-state index in [0.29, 0.717) is 0 Å². The molecule has 3 aromatic rings. The molecule has 3 aromatic carbocycles. The van der Waals surface area contributed by atoms with Crippen molar-refractivity contribution in [3.63, 3.8) is 0 Å². The van der Waals surface area contributed by atoms with E-state index >= 15 is 0 Å². The van der Waals surface area contributed by atoms with Gasteiger partial charge in [0.1, 0.15) is 22.3 Å². The molecule has 0 bridgehead atoms. The SMILES string of the molecule is COc1ccc(S(=O)(=O)Nc2cccc(F)c2I)cc1S(=O)(=O)Nc1cccc(F)c1I. The highest BCUT2D eigenvalue weighted by Crippen LogP contribution is 2.31. The maximum atomic E-state index is 13.8. The van der Waals surface area contributed by atoms with Gasteiger partial charge in [-0.15, -0.1) is 0 Å². The summed E-state index contributed by atoms with van der Waals surface area (Å²) in [6.07, 6.45) is 0. The molecule has 0 unspecified atom stereocenters. The van der Waals surface area contributed by atoms with Crippen LogP contribution in [-0.4, -0.2) is 23.9 Å². The fourth-order valence-corrected chi connectivity index (χ4v) is 6.40. The summed E-state index contributed by atoms with van der Waals surface area (Å²) in [7, 11) is -7.42. The van der Waals surface area contributed by atoms with Crippen molar-refractivity contribution in [2.45, 2.75) is 9.79 Å². The van der Waals surface area contributed by atoms with Gasteiger partial charge < -0.3 is 4.74 Å². The maximum Gasteiger partial charge on any atom is 0.265 e. The predicted octanol–water partition coefficient (Wildman–Crippen LogP) is 4.78. The second-order valence-corrected chi connectivity index (χ2v) is 11.7. The molecule has 0 aliphatic heterocycles. The van der Waals surface area contributed by atoms with E-state index < -0.39 is 41.5 Å². The largest absolute Gasteiger partial charge is 0.495 e. The average molecular weight is 706 g/mol. The van der Waals surface area contributed by atoms with Crippen LogP contribution in [0.4, 0.5) is 20.2 Å². The lowest BCUT2D eigenvalue weighted by atomic mass is 10.3. The minimum atomic E-state index is -4.37. The zero-order valence-electron chi connectivity index (χ0n) is 16.1. The van der Waals surface area contributed by atoms with Gasteiger partial charge in [-0.2, -0.15) is 0 Å². The van der Waals surface area contributed by atoms with Crippen molar-refractivity contribution >= 4 is 76.6 Å². The Kier molecular flexibility index (Phi) is 7.51. The van der Waals surface area contributed by atoms with Gasteiger partial charge in [0.15, 0.2) is 0 Å². The molecule has 0 fully saturated rings. The summed E-state index contributed by atoms with van der Waals surface area (Å²) in [5.74, 6) is -1.36. The number of hydrogen-bond donors (Lipinski definition) is 2. The van der Waals surface area contributed by atoms with Crippen LogP contribution in [-0.2, 0) is 20.0 Å². The van der Waals surface area contributed by atoms with Crippen LogP contribution in [0.15, 0.2) is 64.4 Å². The van der Waals surface area contributed by atoms with Crippen LogP contribution < -0.4 is 14.2 Å². The van der Waals surface area contributed by atoms with E-state index in [2.05, 4.69) is 9.44 Å². The predicted molar refractivity (Wildman–Crippen MR) is 133 cm³/mol. The van der Waals surface area contributed by atoms with E-state index in [-0.39, 0.29) is 24.3 Å². The van der Waals surface area contributed by atoms with Gasteiger partial charge in [-0.25, -0.2) is 25.6 Å². The van der Waals surface area contributed by atoms with E-state index in [4.69, 9.17) is 4.74 Å². The third-order valence-electron chi connectivity index (χ3n) is 4.13. The monoisotopic (exact) mass is 706 g/mol. The summed E-state index contributed by atoms with van der Waals surface area (Å²) >= 11 is 3.30. The number of sulfonamides is 2. The number of methoxy groups -OCH3 is 1. The highest BCUT2D eigenvalue weighted by molar-refractivity contribution is 14.1. The molecule has 0 saturated heterocycles. The van der Waals surface area contributed by atoms with Crippen molar-refractivity contribution < 1.29 is 30.4 Å². The molecule has 0 aliphatic carbocycles. The smallest absolute Gasteiger partial charge is 0.265 e. The molecule has 0 heterocycles. The molecular weight excluding hydrogens is 692 g/mol. The third kappa shape index (κ3) is 5.26. The molecular formula is C19H14F2I2N2O5S2. The van der Waals surface area contributed by atoms with Crippen molar-refractivity contribution in [3.8, 4) is 5.75 Å². The Morgan fingerprint density at radius 3 is 1.78 bits per heavy atom. The molecule has 0 aliphatic rings. The summed E-state index contributed by atoms with van der Waals surface area (Å²) < 4.78 is 89.0. The zero-order chi connectivity index (χ0) is 23.7. The molecule has 0 atom stereocenters. The number of nitrogens with one attached hydrogen (secondary N) is 2. The Morgan fingerprint density at radius 1 is 0.781 bits per heavy atom. The molecule has 0 aromatic heterocycles. The Bertz CT molecular complexity index is 1400. The Balaban J connectivity index is 2.04. The lowest BCUT2D eigenvalue weighted by Crippen LogP contribution is -2.18. The molecule has 7 nitrogen and oxygen atoms in total. The third-order valence-corrected chi connectivity index (χ3v) is 9.07. The van der Waals surface area contributed by atoms with Gasteiger partial charge in [0.05, 0.1) is 30.5 Å². The average Bonchev–Trinajstić information content (AvgIpc) is 2.74. The summed E-state index contributed by atoms with van der Waals surface area (Å²) in [5.41, 5.74) is -0.0217. The minimum Gasteiger partial charge on any atom is -0.495 e. The number of benzene rings is 3. The van der Waals surface area contributed by atoms with Gasteiger partial charge in [0.25, 0.3) is 20.0 Å². The van der Waals surface area contributed by atoms with Gasteiger partial charge in [0, 0.05) is 0 Å². The Hall–Kier alpha value is -1.72. The summed E-state index contributed by atoms with van der Waals surface area (Å²) in [6.45, 7) is 0. The number of halogens is 4. The zero-order valence-corrected chi connectivity index (χ0v) is 22.0. The van der Waals surface area contributed by atoms with E-state index in [9.17, 15) is 25.6 Å². The summed E-state index contributed by atoms with van der Waals surface area (Å²) in [6, 6.07) is 11.0. The normalized spacial score (nSPS) is 11.8. The standard InChI is InChI=1S/C19H14F2I2N2O5S2/c1-30-16-9-8-11(31(26,27)24-14-6-2-4-12(20)18(14)22)10-17(16)32(28,29)25-15-7-3-5-13(21)19(15)23/h2-10,24-25H,1H3. The molecule has 2 N–H and O–H groups in total. The maximum absolute atomic E-state index is 13.8. The molecule has 0 radical (unpaired) electrons. The van der Waals surface area contributed by atoms with E-state index in [1.807, 2.05) is 0 Å². The number of ether oxygens (including phenoxy) is 1. The molecule has 170 valence electrons. The highest BCUT2D eigenvalue weighted by Gasteiger charge is 2.26. The Morgan fingerprint density at radius 2 is 1.28 bits per heavy atom.